The molecule has 134 valence electrons. The van der Waals surface area contributed by atoms with Crippen molar-refractivity contribution in [1.82, 2.24) is 5.32 Å². The van der Waals surface area contributed by atoms with Crippen molar-refractivity contribution in [2.24, 2.45) is 4.99 Å². The summed E-state index contributed by atoms with van der Waals surface area (Å²) < 4.78 is 5.28. The number of hydrogen-bond donors (Lipinski definition) is 1. The Labute approximate surface area is 167 Å². The van der Waals surface area contributed by atoms with Crippen LogP contribution in [0.4, 0.5) is 5.69 Å². The van der Waals surface area contributed by atoms with Crippen molar-refractivity contribution in [2.75, 3.05) is 32.1 Å². The summed E-state index contributed by atoms with van der Waals surface area (Å²) >= 11 is 0. The second kappa shape index (κ2) is 9.65. The first-order chi connectivity index (χ1) is 11.8. The zero-order chi connectivity index (χ0) is 16.8. The first kappa shape index (κ1) is 19.6. The Morgan fingerprint density at radius 3 is 2.84 bits per heavy atom. The average molecular weight is 451 g/mol. The molecule has 5 heteroatoms. The molecule has 1 aliphatic heterocycles. The predicted octanol–water partition coefficient (Wildman–Crippen LogP) is 3.88. The van der Waals surface area contributed by atoms with Crippen molar-refractivity contribution in [3.63, 3.8) is 0 Å². The van der Waals surface area contributed by atoms with E-state index in [1.807, 2.05) is 19.2 Å². The normalized spacial score (nSPS) is 13.2. The molecule has 1 aliphatic rings. The van der Waals surface area contributed by atoms with Gasteiger partial charge in [0.05, 0.1) is 7.11 Å². The van der Waals surface area contributed by atoms with E-state index in [0.29, 0.717) is 0 Å². The average Bonchev–Trinajstić information content (AvgIpc) is 3.06. The predicted molar refractivity (Wildman–Crippen MR) is 116 cm³/mol. The summed E-state index contributed by atoms with van der Waals surface area (Å²) in [5, 5.41) is 3.50. The van der Waals surface area contributed by atoms with Crippen LogP contribution >= 0.6 is 24.0 Å². The van der Waals surface area contributed by atoms with E-state index in [1.165, 1.54) is 16.8 Å². The standard InChI is InChI=1S/C20H25N3O.HI/c1-21-20(23-14-12-17-9-3-4-11-19(17)23)22-13-6-8-16-7-5-10-18(15-16)24-2;/h3-5,7,9-11,15H,6,8,12-14H2,1-2H3,(H,21,22);1H. The number of halogens is 1. The van der Waals surface area contributed by atoms with Crippen LogP contribution in [-0.4, -0.2) is 33.2 Å². The molecular weight excluding hydrogens is 425 g/mol. The van der Waals surface area contributed by atoms with E-state index in [0.717, 1.165) is 44.1 Å². The van der Waals surface area contributed by atoms with Gasteiger partial charge in [-0.3, -0.25) is 4.99 Å². The number of fused-ring (bicyclic) bond motifs is 1. The summed E-state index contributed by atoms with van der Waals surface area (Å²) in [5.74, 6) is 1.88. The molecule has 0 amide bonds. The minimum atomic E-state index is 0. The third kappa shape index (κ3) is 4.87. The van der Waals surface area contributed by atoms with Gasteiger partial charge in [-0.25, -0.2) is 0 Å². The van der Waals surface area contributed by atoms with E-state index in [9.17, 15) is 0 Å². The minimum Gasteiger partial charge on any atom is -0.497 e. The summed E-state index contributed by atoms with van der Waals surface area (Å²) in [4.78, 5) is 6.73. The van der Waals surface area contributed by atoms with Crippen LogP contribution in [0.15, 0.2) is 53.5 Å². The number of aryl methyl sites for hydroxylation is 1. The lowest BCUT2D eigenvalue weighted by atomic mass is 10.1. The van der Waals surface area contributed by atoms with Crippen LogP contribution in [0, 0.1) is 0 Å². The lowest BCUT2D eigenvalue weighted by Gasteiger charge is -2.22. The molecule has 0 spiro atoms. The number of nitrogens with zero attached hydrogens (tertiary/aromatic N) is 2. The van der Waals surface area contributed by atoms with E-state index in [2.05, 4.69) is 51.6 Å². The SMILES string of the molecule is CN=C(NCCCc1cccc(OC)c1)N1CCc2ccccc21.I. The summed E-state index contributed by atoms with van der Waals surface area (Å²) in [6, 6.07) is 16.8. The largest absolute Gasteiger partial charge is 0.497 e. The van der Waals surface area contributed by atoms with E-state index in [-0.39, 0.29) is 24.0 Å². The summed E-state index contributed by atoms with van der Waals surface area (Å²) in [6.45, 7) is 1.90. The molecule has 3 rings (SSSR count). The van der Waals surface area contributed by atoms with Crippen LogP contribution in [-0.2, 0) is 12.8 Å². The molecule has 0 atom stereocenters. The third-order valence-corrected chi connectivity index (χ3v) is 4.41. The Bertz CT molecular complexity index is 718. The highest BCUT2D eigenvalue weighted by Crippen LogP contribution is 2.27. The van der Waals surface area contributed by atoms with Gasteiger partial charge in [0.15, 0.2) is 5.96 Å². The topological polar surface area (TPSA) is 36.9 Å². The van der Waals surface area contributed by atoms with Crippen molar-refractivity contribution in [2.45, 2.75) is 19.3 Å². The number of aliphatic imine (C=N–C) groups is 1. The fourth-order valence-corrected chi connectivity index (χ4v) is 3.17. The van der Waals surface area contributed by atoms with E-state index >= 15 is 0 Å². The second-order valence-corrected chi connectivity index (χ2v) is 5.96. The van der Waals surface area contributed by atoms with Crippen molar-refractivity contribution in [1.29, 1.82) is 0 Å². The van der Waals surface area contributed by atoms with Gasteiger partial charge >= 0.3 is 0 Å². The molecular formula is C20H26IN3O. The monoisotopic (exact) mass is 451 g/mol. The fourth-order valence-electron chi connectivity index (χ4n) is 3.17. The first-order valence-electron chi connectivity index (χ1n) is 8.51. The third-order valence-electron chi connectivity index (χ3n) is 4.41. The Morgan fingerprint density at radius 1 is 1.20 bits per heavy atom. The quantitative estimate of drug-likeness (QED) is 0.325. The number of guanidine groups is 1. The molecule has 0 bridgehead atoms. The summed E-state index contributed by atoms with van der Waals surface area (Å²) in [6.07, 6.45) is 3.17. The highest BCUT2D eigenvalue weighted by atomic mass is 127. The van der Waals surface area contributed by atoms with Gasteiger partial charge in [0, 0.05) is 25.8 Å². The van der Waals surface area contributed by atoms with Gasteiger partial charge in [0.1, 0.15) is 5.75 Å². The maximum atomic E-state index is 5.28. The van der Waals surface area contributed by atoms with Gasteiger partial charge in [0.2, 0.25) is 0 Å². The first-order valence-corrected chi connectivity index (χ1v) is 8.51. The van der Waals surface area contributed by atoms with Crippen LogP contribution in [0.1, 0.15) is 17.5 Å². The molecule has 0 aromatic heterocycles. The molecule has 1 heterocycles. The highest BCUT2D eigenvalue weighted by molar-refractivity contribution is 14.0. The second-order valence-electron chi connectivity index (χ2n) is 5.96. The molecule has 0 radical (unpaired) electrons. The number of ether oxygens (including phenoxy) is 1. The lowest BCUT2D eigenvalue weighted by molar-refractivity contribution is 0.414. The Kier molecular flexibility index (Phi) is 7.55. The van der Waals surface area contributed by atoms with E-state index < -0.39 is 0 Å². The van der Waals surface area contributed by atoms with Crippen molar-refractivity contribution in [3.05, 3.63) is 59.7 Å². The molecule has 0 unspecified atom stereocenters. The van der Waals surface area contributed by atoms with Gasteiger partial charge in [-0.1, -0.05) is 30.3 Å². The van der Waals surface area contributed by atoms with Gasteiger partial charge in [0.25, 0.3) is 0 Å². The smallest absolute Gasteiger partial charge is 0.198 e. The molecule has 0 saturated heterocycles. The highest BCUT2D eigenvalue weighted by Gasteiger charge is 2.21. The van der Waals surface area contributed by atoms with Gasteiger partial charge in [-0.2, -0.15) is 0 Å². The number of methoxy groups -OCH3 is 1. The Hall–Kier alpha value is -1.76. The van der Waals surface area contributed by atoms with E-state index in [1.54, 1.807) is 7.11 Å². The van der Waals surface area contributed by atoms with Crippen LogP contribution in [0.2, 0.25) is 0 Å². The van der Waals surface area contributed by atoms with Crippen molar-refractivity contribution >= 4 is 35.6 Å². The molecule has 25 heavy (non-hydrogen) atoms. The molecule has 1 N–H and O–H groups in total. The van der Waals surface area contributed by atoms with Crippen molar-refractivity contribution in [3.8, 4) is 5.75 Å². The molecule has 0 aliphatic carbocycles. The summed E-state index contributed by atoms with van der Waals surface area (Å²) in [7, 11) is 3.56. The Morgan fingerprint density at radius 2 is 2.04 bits per heavy atom. The van der Waals surface area contributed by atoms with Gasteiger partial charge in [-0.05, 0) is 48.6 Å². The van der Waals surface area contributed by atoms with Gasteiger partial charge < -0.3 is 15.0 Å². The Balaban J connectivity index is 0.00000225. The molecule has 4 nitrogen and oxygen atoms in total. The maximum Gasteiger partial charge on any atom is 0.198 e. The van der Waals surface area contributed by atoms with Crippen LogP contribution in [0.25, 0.3) is 0 Å². The maximum absolute atomic E-state index is 5.28. The molecule has 2 aromatic rings. The van der Waals surface area contributed by atoms with E-state index in [4.69, 9.17) is 4.74 Å². The van der Waals surface area contributed by atoms with Crippen LogP contribution in [0.3, 0.4) is 0 Å². The number of nitrogens with one attached hydrogen (secondary N) is 1. The lowest BCUT2D eigenvalue weighted by Crippen LogP contribution is -2.41. The number of benzene rings is 2. The molecule has 0 fully saturated rings. The number of anilines is 1. The number of rotatable bonds is 5. The number of hydrogen-bond acceptors (Lipinski definition) is 2. The van der Waals surface area contributed by atoms with Crippen LogP contribution < -0.4 is 15.0 Å². The zero-order valence-electron chi connectivity index (χ0n) is 14.9. The summed E-state index contributed by atoms with van der Waals surface area (Å²) in [5.41, 5.74) is 3.98. The van der Waals surface area contributed by atoms with Crippen molar-refractivity contribution < 1.29 is 4.74 Å². The molecule has 2 aromatic carbocycles. The molecule has 0 saturated carbocycles. The zero-order valence-corrected chi connectivity index (χ0v) is 17.2. The van der Waals surface area contributed by atoms with Crippen LogP contribution in [0.5, 0.6) is 5.75 Å². The fraction of sp³-hybridized carbons (Fsp3) is 0.350. The number of para-hydroxylation sites is 1. The minimum absolute atomic E-state index is 0. The van der Waals surface area contributed by atoms with Gasteiger partial charge in [-0.15, -0.1) is 24.0 Å².